The summed E-state index contributed by atoms with van der Waals surface area (Å²) in [5.74, 6) is -0.584. The van der Waals surface area contributed by atoms with E-state index in [0.717, 1.165) is 11.3 Å². The standard InChI is InChI=1S/C16H21NO5/c1-11(12-3-5-13(21-2)6-4-12)9-14(18)17-16(15(19)20)7-8-22-10-16/h3-6,11H,7-10H2,1-2H3,(H,17,18)(H,19,20). The SMILES string of the molecule is COc1ccc(C(C)CC(=O)NC2(C(=O)O)CCOC2)cc1. The number of nitrogens with one attached hydrogen (secondary N) is 1. The number of aliphatic carboxylic acids is 1. The minimum absolute atomic E-state index is 0.0147. The van der Waals surface area contributed by atoms with Crippen LogP contribution < -0.4 is 10.1 Å². The second-order valence-corrected chi connectivity index (χ2v) is 5.62. The minimum atomic E-state index is -1.28. The summed E-state index contributed by atoms with van der Waals surface area (Å²) < 4.78 is 10.2. The first-order valence-corrected chi connectivity index (χ1v) is 7.23. The van der Waals surface area contributed by atoms with Gasteiger partial charge in [-0.1, -0.05) is 19.1 Å². The molecule has 0 saturated carbocycles. The Labute approximate surface area is 129 Å². The number of hydrogen-bond acceptors (Lipinski definition) is 4. The lowest BCUT2D eigenvalue weighted by Crippen LogP contribution is -2.55. The van der Waals surface area contributed by atoms with Crippen LogP contribution in [0.25, 0.3) is 0 Å². The zero-order valence-corrected chi connectivity index (χ0v) is 12.8. The zero-order chi connectivity index (χ0) is 16.2. The Kier molecular flexibility index (Phi) is 5.03. The normalized spacial score (nSPS) is 22.1. The van der Waals surface area contributed by atoms with Crippen LogP contribution in [0.15, 0.2) is 24.3 Å². The van der Waals surface area contributed by atoms with Crippen molar-refractivity contribution in [3.05, 3.63) is 29.8 Å². The highest BCUT2D eigenvalue weighted by molar-refractivity contribution is 5.87. The number of carboxylic acids is 1. The number of carboxylic acid groups (broad SMARTS) is 1. The Morgan fingerprint density at radius 3 is 2.59 bits per heavy atom. The van der Waals surface area contributed by atoms with E-state index in [1.54, 1.807) is 7.11 Å². The molecule has 1 aliphatic heterocycles. The molecule has 1 fully saturated rings. The third-order valence-corrected chi connectivity index (χ3v) is 3.99. The van der Waals surface area contributed by atoms with Gasteiger partial charge in [-0.25, -0.2) is 4.79 Å². The summed E-state index contributed by atoms with van der Waals surface area (Å²) in [7, 11) is 1.60. The highest BCUT2D eigenvalue weighted by atomic mass is 16.5. The van der Waals surface area contributed by atoms with Crippen molar-refractivity contribution in [1.29, 1.82) is 0 Å². The van der Waals surface area contributed by atoms with E-state index in [9.17, 15) is 14.7 Å². The minimum Gasteiger partial charge on any atom is -0.497 e. The maximum Gasteiger partial charge on any atom is 0.331 e. The van der Waals surface area contributed by atoms with E-state index in [2.05, 4.69) is 5.32 Å². The maximum atomic E-state index is 12.2. The number of hydrogen-bond donors (Lipinski definition) is 2. The average Bonchev–Trinajstić information content (AvgIpc) is 2.97. The fraction of sp³-hybridized carbons (Fsp3) is 0.500. The first kappa shape index (κ1) is 16.3. The highest BCUT2D eigenvalue weighted by Gasteiger charge is 2.43. The fourth-order valence-corrected chi connectivity index (χ4v) is 2.53. The summed E-state index contributed by atoms with van der Waals surface area (Å²) in [6, 6.07) is 7.49. The smallest absolute Gasteiger partial charge is 0.331 e. The van der Waals surface area contributed by atoms with Crippen molar-refractivity contribution in [1.82, 2.24) is 5.32 Å². The summed E-state index contributed by atoms with van der Waals surface area (Å²) in [5.41, 5.74) is -0.278. The van der Waals surface area contributed by atoms with Gasteiger partial charge in [0.1, 0.15) is 5.75 Å². The van der Waals surface area contributed by atoms with E-state index in [-0.39, 0.29) is 24.9 Å². The number of methoxy groups -OCH3 is 1. The molecular formula is C16H21NO5. The van der Waals surface area contributed by atoms with E-state index in [4.69, 9.17) is 9.47 Å². The van der Waals surface area contributed by atoms with Gasteiger partial charge in [-0.15, -0.1) is 0 Å². The number of ether oxygens (including phenoxy) is 2. The molecule has 1 aromatic rings. The third kappa shape index (κ3) is 3.57. The van der Waals surface area contributed by atoms with E-state index in [0.29, 0.717) is 13.0 Å². The summed E-state index contributed by atoms with van der Waals surface area (Å²) in [6.45, 7) is 2.30. The second kappa shape index (κ2) is 6.79. The summed E-state index contributed by atoms with van der Waals surface area (Å²) in [4.78, 5) is 23.5. The quantitative estimate of drug-likeness (QED) is 0.833. The van der Waals surface area contributed by atoms with Crippen molar-refractivity contribution < 1.29 is 24.2 Å². The lowest BCUT2D eigenvalue weighted by molar-refractivity contribution is -0.147. The van der Waals surface area contributed by atoms with Crippen LogP contribution in [0.1, 0.15) is 31.2 Å². The Hall–Kier alpha value is -2.08. The fourth-order valence-electron chi connectivity index (χ4n) is 2.53. The molecule has 1 aliphatic rings. The number of carbonyl (C=O) groups is 2. The van der Waals surface area contributed by atoms with Crippen LogP contribution in [-0.2, 0) is 14.3 Å². The Balaban J connectivity index is 1.97. The van der Waals surface area contributed by atoms with E-state index in [1.165, 1.54) is 0 Å². The molecular weight excluding hydrogens is 286 g/mol. The first-order valence-electron chi connectivity index (χ1n) is 7.23. The van der Waals surface area contributed by atoms with Crippen molar-refractivity contribution in [2.45, 2.75) is 31.2 Å². The zero-order valence-electron chi connectivity index (χ0n) is 12.8. The third-order valence-electron chi connectivity index (χ3n) is 3.99. The Morgan fingerprint density at radius 1 is 1.41 bits per heavy atom. The van der Waals surface area contributed by atoms with Crippen LogP contribution in [0.4, 0.5) is 0 Å². The molecule has 120 valence electrons. The van der Waals surface area contributed by atoms with Crippen molar-refractivity contribution in [2.75, 3.05) is 20.3 Å². The molecule has 0 aliphatic carbocycles. The van der Waals surface area contributed by atoms with E-state index in [1.807, 2.05) is 31.2 Å². The van der Waals surface area contributed by atoms with Crippen LogP contribution in [0.2, 0.25) is 0 Å². The van der Waals surface area contributed by atoms with E-state index >= 15 is 0 Å². The van der Waals surface area contributed by atoms with Crippen molar-refractivity contribution in [3.63, 3.8) is 0 Å². The molecule has 1 saturated heterocycles. The molecule has 2 atom stereocenters. The Morgan fingerprint density at radius 2 is 2.09 bits per heavy atom. The van der Waals surface area contributed by atoms with Gasteiger partial charge in [0.15, 0.2) is 5.54 Å². The second-order valence-electron chi connectivity index (χ2n) is 5.62. The van der Waals surface area contributed by atoms with Gasteiger partial charge in [-0.05, 0) is 23.6 Å². The van der Waals surface area contributed by atoms with Crippen LogP contribution in [0.5, 0.6) is 5.75 Å². The molecule has 2 rings (SSSR count). The molecule has 1 amide bonds. The average molecular weight is 307 g/mol. The molecule has 1 heterocycles. The lowest BCUT2D eigenvalue weighted by atomic mass is 9.95. The van der Waals surface area contributed by atoms with Gasteiger partial charge < -0.3 is 19.9 Å². The molecule has 6 heteroatoms. The van der Waals surface area contributed by atoms with Gasteiger partial charge in [0.05, 0.1) is 13.7 Å². The van der Waals surface area contributed by atoms with Gasteiger partial charge in [0.25, 0.3) is 0 Å². The molecule has 2 N–H and O–H groups in total. The summed E-state index contributed by atoms with van der Waals surface area (Å²) >= 11 is 0. The van der Waals surface area contributed by atoms with Gasteiger partial charge >= 0.3 is 5.97 Å². The van der Waals surface area contributed by atoms with Crippen LogP contribution in [-0.4, -0.2) is 42.8 Å². The largest absolute Gasteiger partial charge is 0.497 e. The first-order chi connectivity index (χ1) is 10.5. The van der Waals surface area contributed by atoms with Crippen molar-refractivity contribution in [3.8, 4) is 5.75 Å². The van der Waals surface area contributed by atoms with Gasteiger partial charge in [-0.3, -0.25) is 4.79 Å². The number of carbonyl (C=O) groups excluding carboxylic acids is 1. The molecule has 6 nitrogen and oxygen atoms in total. The van der Waals surface area contributed by atoms with E-state index < -0.39 is 11.5 Å². The number of benzene rings is 1. The van der Waals surface area contributed by atoms with Gasteiger partial charge in [0.2, 0.25) is 5.91 Å². The summed E-state index contributed by atoms with van der Waals surface area (Å²) in [6.07, 6.45) is 0.520. The molecule has 2 unspecified atom stereocenters. The Bertz CT molecular complexity index is 534. The monoisotopic (exact) mass is 307 g/mol. The lowest BCUT2D eigenvalue weighted by Gasteiger charge is -2.24. The number of rotatable bonds is 6. The van der Waals surface area contributed by atoms with Crippen LogP contribution in [0.3, 0.4) is 0 Å². The molecule has 0 aromatic heterocycles. The summed E-state index contributed by atoms with van der Waals surface area (Å²) in [5, 5.41) is 11.9. The number of amides is 1. The predicted molar refractivity (Wildman–Crippen MR) is 80.0 cm³/mol. The predicted octanol–water partition coefficient (Wildman–Crippen LogP) is 1.55. The van der Waals surface area contributed by atoms with Crippen molar-refractivity contribution in [2.24, 2.45) is 0 Å². The molecule has 0 bridgehead atoms. The molecule has 0 spiro atoms. The highest BCUT2D eigenvalue weighted by Crippen LogP contribution is 2.24. The molecule has 0 radical (unpaired) electrons. The van der Waals surface area contributed by atoms with Crippen molar-refractivity contribution >= 4 is 11.9 Å². The van der Waals surface area contributed by atoms with Crippen LogP contribution >= 0.6 is 0 Å². The van der Waals surface area contributed by atoms with Gasteiger partial charge in [0, 0.05) is 19.4 Å². The topological polar surface area (TPSA) is 84.9 Å². The molecule has 1 aromatic carbocycles. The van der Waals surface area contributed by atoms with Gasteiger partial charge in [-0.2, -0.15) is 0 Å². The maximum absolute atomic E-state index is 12.2. The molecule has 22 heavy (non-hydrogen) atoms. The van der Waals surface area contributed by atoms with Crippen LogP contribution in [0, 0.1) is 0 Å².